The van der Waals surface area contributed by atoms with Crippen molar-refractivity contribution < 1.29 is 9.47 Å². The lowest BCUT2D eigenvalue weighted by molar-refractivity contribution is 0.339. The maximum Gasteiger partial charge on any atom is 0.143 e. The van der Waals surface area contributed by atoms with Crippen molar-refractivity contribution in [1.82, 2.24) is 0 Å². The minimum absolute atomic E-state index is 0.653. The van der Waals surface area contributed by atoms with Gasteiger partial charge in [-0.3, -0.25) is 0 Å². The van der Waals surface area contributed by atoms with Crippen LogP contribution in [0, 0.1) is 13.8 Å². The Morgan fingerprint density at radius 2 is 1.36 bits per heavy atom. The minimum Gasteiger partial charge on any atom is -0.494 e. The molecule has 0 aliphatic carbocycles. The van der Waals surface area contributed by atoms with Crippen LogP contribution in [0.3, 0.4) is 0 Å². The predicted molar refractivity (Wildman–Crippen MR) is 117 cm³/mol. The summed E-state index contributed by atoms with van der Waals surface area (Å²) in [4.78, 5) is 0. The Morgan fingerprint density at radius 1 is 0.679 bits per heavy atom. The van der Waals surface area contributed by atoms with Gasteiger partial charge in [-0.1, -0.05) is 59.7 Å². The zero-order valence-electron chi connectivity index (χ0n) is 16.5. The number of ether oxygens (including phenoxy) is 2. The van der Waals surface area contributed by atoms with Crippen LogP contribution in [-0.2, 0) is 0 Å². The molecular weight excluding hydrogens is 344 g/mol. The summed E-state index contributed by atoms with van der Waals surface area (Å²) < 4.78 is 12.0. The fourth-order valence-electron chi connectivity index (χ4n) is 3.38. The normalized spacial score (nSPS) is 10.8. The standard InChI is InChI=1S/C26H24O2/c1-4-27-22-11-13-23(14-12-22)28-26-24(20-8-5-18(2)6-9-20)16-10-21-17-19(3)7-15-25(21)26/h5-17H,4H2,1-3H3. The van der Waals surface area contributed by atoms with E-state index in [0.29, 0.717) is 6.61 Å². The molecule has 4 rings (SSSR count). The van der Waals surface area contributed by atoms with E-state index >= 15 is 0 Å². The molecule has 140 valence electrons. The summed E-state index contributed by atoms with van der Waals surface area (Å²) in [5.41, 5.74) is 4.72. The fourth-order valence-corrected chi connectivity index (χ4v) is 3.38. The van der Waals surface area contributed by atoms with Gasteiger partial charge in [0, 0.05) is 10.9 Å². The molecule has 2 nitrogen and oxygen atoms in total. The molecule has 0 atom stereocenters. The molecule has 0 saturated carbocycles. The van der Waals surface area contributed by atoms with Crippen LogP contribution in [0.1, 0.15) is 18.1 Å². The van der Waals surface area contributed by atoms with Gasteiger partial charge in [-0.05, 0) is 62.1 Å². The predicted octanol–water partition coefficient (Wildman–Crippen LogP) is 7.31. The zero-order chi connectivity index (χ0) is 19.5. The quantitative estimate of drug-likeness (QED) is 0.367. The fraction of sp³-hybridized carbons (Fsp3) is 0.154. The minimum atomic E-state index is 0.653. The molecule has 2 heteroatoms. The second-order valence-corrected chi connectivity index (χ2v) is 7.04. The Labute approximate surface area is 166 Å². The summed E-state index contributed by atoms with van der Waals surface area (Å²) >= 11 is 0. The van der Waals surface area contributed by atoms with Gasteiger partial charge in [0.05, 0.1) is 6.61 Å². The third-order valence-electron chi connectivity index (χ3n) is 4.84. The maximum atomic E-state index is 6.42. The summed E-state index contributed by atoms with van der Waals surface area (Å²) in [6, 6.07) is 27.2. The van der Waals surface area contributed by atoms with Gasteiger partial charge in [0.25, 0.3) is 0 Å². The van der Waals surface area contributed by atoms with E-state index in [2.05, 4.69) is 68.4 Å². The van der Waals surface area contributed by atoms with Crippen LogP contribution in [0.4, 0.5) is 0 Å². The lowest BCUT2D eigenvalue weighted by Crippen LogP contribution is -1.93. The van der Waals surface area contributed by atoms with E-state index < -0.39 is 0 Å². The highest BCUT2D eigenvalue weighted by molar-refractivity contribution is 5.95. The lowest BCUT2D eigenvalue weighted by atomic mass is 9.98. The monoisotopic (exact) mass is 368 g/mol. The van der Waals surface area contributed by atoms with Crippen LogP contribution in [0.25, 0.3) is 21.9 Å². The topological polar surface area (TPSA) is 18.5 Å². The second kappa shape index (κ2) is 7.77. The van der Waals surface area contributed by atoms with Gasteiger partial charge in [-0.2, -0.15) is 0 Å². The summed E-state index contributed by atoms with van der Waals surface area (Å²) in [5.74, 6) is 2.53. The molecule has 0 N–H and O–H groups in total. The van der Waals surface area contributed by atoms with Gasteiger partial charge < -0.3 is 9.47 Å². The van der Waals surface area contributed by atoms with E-state index in [1.807, 2.05) is 31.2 Å². The number of benzene rings is 4. The lowest BCUT2D eigenvalue weighted by Gasteiger charge is -2.15. The van der Waals surface area contributed by atoms with Crippen molar-refractivity contribution in [3.63, 3.8) is 0 Å². The van der Waals surface area contributed by atoms with Crippen LogP contribution < -0.4 is 9.47 Å². The van der Waals surface area contributed by atoms with Crippen LogP contribution in [0.15, 0.2) is 78.9 Å². The second-order valence-electron chi connectivity index (χ2n) is 7.04. The van der Waals surface area contributed by atoms with Gasteiger partial charge in [-0.15, -0.1) is 0 Å². The Kier molecular flexibility index (Phi) is 5.03. The summed E-state index contributed by atoms with van der Waals surface area (Å²) in [6.07, 6.45) is 0. The van der Waals surface area contributed by atoms with Crippen molar-refractivity contribution in [1.29, 1.82) is 0 Å². The van der Waals surface area contributed by atoms with Crippen molar-refractivity contribution in [3.05, 3.63) is 90.0 Å². The Bertz CT molecular complexity index is 1090. The SMILES string of the molecule is CCOc1ccc(Oc2c(-c3ccc(C)cc3)ccc3cc(C)ccc23)cc1. The maximum absolute atomic E-state index is 6.42. The van der Waals surface area contributed by atoms with E-state index in [4.69, 9.17) is 9.47 Å². The van der Waals surface area contributed by atoms with Crippen LogP contribution >= 0.6 is 0 Å². The molecule has 0 heterocycles. The molecule has 0 aromatic heterocycles. The van der Waals surface area contributed by atoms with Crippen molar-refractivity contribution >= 4 is 10.8 Å². The van der Waals surface area contributed by atoms with Gasteiger partial charge in [0.1, 0.15) is 17.2 Å². The van der Waals surface area contributed by atoms with Crippen molar-refractivity contribution in [2.24, 2.45) is 0 Å². The number of aryl methyl sites for hydroxylation is 2. The average molecular weight is 368 g/mol. The molecule has 0 unspecified atom stereocenters. The molecule has 0 bridgehead atoms. The van der Waals surface area contributed by atoms with Crippen molar-refractivity contribution in [2.45, 2.75) is 20.8 Å². The number of hydrogen-bond acceptors (Lipinski definition) is 2. The highest BCUT2D eigenvalue weighted by Gasteiger charge is 2.13. The zero-order valence-corrected chi connectivity index (χ0v) is 16.5. The molecule has 0 radical (unpaired) electrons. The molecule has 4 aromatic rings. The van der Waals surface area contributed by atoms with Gasteiger partial charge in [0.2, 0.25) is 0 Å². The molecule has 0 spiro atoms. The average Bonchev–Trinajstić information content (AvgIpc) is 2.70. The highest BCUT2D eigenvalue weighted by Crippen LogP contribution is 2.40. The largest absolute Gasteiger partial charge is 0.494 e. The van der Waals surface area contributed by atoms with Crippen LogP contribution in [0.5, 0.6) is 17.2 Å². The first-order valence-electron chi connectivity index (χ1n) is 9.65. The van der Waals surface area contributed by atoms with Crippen LogP contribution in [-0.4, -0.2) is 6.61 Å². The summed E-state index contributed by atoms with van der Waals surface area (Å²) in [6.45, 7) is 6.85. The molecule has 0 aliphatic heterocycles. The molecular formula is C26H24O2. The first-order valence-corrected chi connectivity index (χ1v) is 9.65. The molecule has 0 fully saturated rings. The van der Waals surface area contributed by atoms with Gasteiger partial charge >= 0.3 is 0 Å². The first kappa shape index (κ1) is 18.1. The first-order chi connectivity index (χ1) is 13.6. The van der Waals surface area contributed by atoms with E-state index in [1.54, 1.807) is 0 Å². The molecule has 0 amide bonds. The van der Waals surface area contributed by atoms with Crippen molar-refractivity contribution in [2.75, 3.05) is 6.61 Å². The van der Waals surface area contributed by atoms with E-state index in [1.165, 1.54) is 16.5 Å². The van der Waals surface area contributed by atoms with E-state index in [9.17, 15) is 0 Å². The Hall–Kier alpha value is -3.26. The van der Waals surface area contributed by atoms with Crippen LogP contribution in [0.2, 0.25) is 0 Å². The summed E-state index contributed by atoms with van der Waals surface area (Å²) in [5, 5.41) is 2.29. The molecule has 4 aromatic carbocycles. The third kappa shape index (κ3) is 3.72. The van der Waals surface area contributed by atoms with Gasteiger partial charge in [-0.25, -0.2) is 0 Å². The number of fused-ring (bicyclic) bond motifs is 1. The van der Waals surface area contributed by atoms with Gasteiger partial charge in [0.15, 0.2) is 0 Å². The van der Waals surface area contributed by atoms with Crippen molar-refractivity contribution in [3.8, 4) is 28.4 Å². The smallest absolute Gasteiger partial charge is 0.143 e. The van der Waals surface area contributed by atoms with E-state index in [-0.39, 0.29) is 0 Å². The Morgan fingerprint density at radius 3 is 2.07 bits per heavy atom. The third-order valence-corrected chi connectivity index (χ3v) is 4.84. The summed E-state index contributed by atoms with van der Waals surface area (Å²) in [7, 11) is 0. The number of rotatable bonds is 5. The van der Waals surface area contributed by atoms with E-state index in [0.717, 1.165) is 33.8 Å². The Balaban J connectivity index is 1.83. The molecule has 0 saturated heterocycles. The molecule has 0 aliphatic rings. The number of hydrogen-bond donors (Lipinski definition) is 0. The molecule has 28 heavy (non-hydrogen) atoms. The highest BCUT2D eigenvalue weighted by atomic mass is 16.5.